The van der Waals surface area contributed by atoms with Crippen molar-refractivity contribution in [3.05, 3.63) is 29.6 Å². The minimum Gasteiger partial charge on any atom is -0.399 e. The Labute approximate surface area is 98.6 Å². The molecule has 1 aromatic carbocycles. The molecule has 0 saturated heterocycles. The normalized spacial score (nSPS) is 17.3. The summed E-state index contributed by atoms with van der Waals surface area (Å²) in [5.74, 6) is -1.15. The number of rotatable bonds is 3. The van der Waals surface area contributed by atoms with Crippen LogP contribution in [0.15, 0.2) is 18.2 Å². The number of nitrogens with one attached hydrogen (secondary N) is 1. The molecule has 0 heterocycles. The molecule has 2 rings (SSSR count). The van der Waals surface area contributed by atoms with E-state index >= 15 is 0 Å². The molecule has 0 bridgehead atoms. The second kappa shape index (κ2) is 4.33. The number of aliphatic hydroxyl groups is 1. The summed E-state index contributed by atoms with van der Waals surface area (Å²) in [6.45, 7) is -0.116. The molecule has 1 amide bonds. The summed E-state index contributed by atoms with van der Waals surface area (Å²) in [4.78, 5) is 11.8. The van der Waals surface area contributed by atoms with Crippen molar-refractivity contribution >= 4 is 11.6 Å². The fraction of sp³-hybridized carbons (Fsp3) is 0.417. The third kappa shape index (κ3) is 2.24. The third-order valence-electron chi connectivity index (χ3n) is 3.23. The van der Waals surface area contributed by atoms with Crippen LogP contribution in [0.25, 0.3) is 0 Å². The summed E-state index contributed by atoms with van der Waals surface area (Å²) in [6.07, 6.45) is 2.42. The van der Waals surface area contributed by atoms with E-state index in [0.29, 0.717) is 0 Å². The number of carbonyl (C=O) groups is 1. The Morgan fingerprint density at radius 1 is 1.53 bits per heavy atom. The molecule has 5 heteroatoms. The molecular formula is C12H15FN2O2. The average molecular weight is 238 g/mol. The van der Waals surface area contributed by atoms with E-state index < -0.39 is 17.3 Å². The first-order valence-electron chi connectivity index (χ1n) is 5.55. The minimum absolute atomic E-state index is 0.0427. The van der Waals surface area contributed by atoms with E-state index in [-0.39, 0.29) is 17.9 Å². The molecule has 1 saturated carbocycles. The number of anilines is 1. The van der Waals surface area contributed by atoms with E-state index in [1.807, 2.05) is 0 Å². The predicted octanol–water partition coefficient (Wildman–Crippen LogP) is 1.05. The molecule has 1 aliphatic rings. The number of aliphatic hydroxyl groups excluding tert-OH is 1. The van der Waals surface area contributed by atoms with Gasteiger partial charge >= 0.3 is 0 Å². The highest BCUT2D eigenvalue weighted by Crippen LogP contribution is 2.31. The monoisotopic (exact) mass is 238 g/mol. The standard InChI is InChI=1S/C12H15FN2O2/c13-10-6-8(14)2-3-9(10)11(17)15-12(7-16)4-1-5-12/h2-3,6,16H,1,4-5,7,14H2,(H,15,17). The topological polar surface area (TPSA) is 75.4 Å². The fourth-order valence-electron chi connectivity index (χ4n) is 1.95. The number of nitrogens with two attached hydrogens (primary N) is 1. The van der Waals surface area contributed by atoms with E-state index in [0.717, 1.165) is 25.3 Å². The van der Waals surface area contributed by atoms with Crippen molar-refractivity contribution in [2.45, 2.75) is 24.8 Å². The maximum atomic E-state index is 13.5. The summed E-state index contributed by atoms with van der Waals surface area (Å²) in [5, 5.41) is 11.9. The average Bonchev–Trinajstić information content (AvgIpc) is 2.23. The van der Waals surface area contributed by atoms with Crippen LogP contribution in [0.3, 0.4) is 0 Å². The zero-order valence-electron chi connectivity index (χ0n) is 9.37. The van der Waals surface area contributed by atoms with E-state index in [1.54, 1.807) is 0 Å². The fourth-order valence-corrected chi connectivity index (χ4v) is 1.95. The Morgan fingerprint density at radius 2 is 2.24 bits per heavy atom. The summed E-state index contributed by atoms with van der Waals surface area (Å²) >= 11 is 0. The maximum Gasteiger partial charge on any atom is 0.254 e. The number of halogens is 1. The third-order valence-corrected chi connectivity index (χ3v) is 3.23. The molecule has 0 aliphatic heterocycles. The molecular weight excluding hydrogens is 223 g/mol. The van der Waals surface area contributed by atoms with Crippen LogP contribution < -0.4 is 11.1 Å². The molecule has 0 radical (unpaired) electrons. The Bertz CT molecular complexity index is 439. The van der Waals surface area contributed by atoms with Gasteiger partial charge in [-0.2, -0.15) is 0 Å². The van der Waals surface area contributed by atoms with Crippen molar-refractivity contribution in [3.8, 4) is 0 Å². The minimum atomic E-state index is -0.644. The van der Waals surface area contributed by atoms with Gasteiger partial charge in [0.1, 0.15) is 5.82 Å². The lowest BCUT2D eigenvalue weighted by Gasteiger charge is -2.40. The van der Waals surface area contributed by atoms with E-state index in [1.165, 1.54) is 12.1 Å². The lowest BCUT2D eigenvalue weighted by Crippen LogP contribution is -2.56. The lowest BCUT2D eigenvalue weighted by atomic mass is 9.77. The van der Waals surface area contributed by atoms with Crippen molar-refractivity contribution in [2.24, 2.45) is 0 Å². The molecule has 4 nitrogen and oxygen atoms in total. The van der Waals surface area contributed by atoms with Crippen LogP contribution >= 0.6 is 0 Å². The van der Waals surface area contributed by atoms with Crippen molar-refractivity contribution in [1.29, 1.82) is 0 Å². The number of benzene rings is 1. The molecule has 0 spiro atoms. The molecule has 92 valence electrons. The summed E-state index contributed by atoms with van der Waals surface area (Å²) < 4.78 is 13.5. The van der Waals surface area contributed by atoms with Gasteiger partial charge in [0.05, 0.1) is 17.7 Å². The summed E-state index contributed by atoms with van der Waals surface area (Å²) in [7, 11) is 0. The van der Waals surface area contributed by atoms with Gasteiger partial charge in [-0.05, 0) is 37.5 Å². The van der Waals surface area contributed by atoms with Gasteiger partial charge in [0.2, 0.25) is 0 Å². The zero-order valence-corrected chi connectivity index (χ0v) is 9.37. The SMILES string of the molecule is Nc1ccc(C(=O)NC2(CO)CCC2)c(F)c1. The van der Waals surface area contributed by atoms with E-state index in [9.17, 15) is 14.3 Å². The summed E-state index contributed by atoms with van der Waals surface area (Å²) in [5.41, 5.74) is 5.08. The Kier molecular flexibility index (Phi) is 3.02. The molecule has 1 fully saturated rings. The highest BCUT2D eigenvalue weighted by molar-refractivity contribution is 5.95. The smallest absolute Gasteiger partial charge is 0.254 e. The second-order valence-corrected chi connectivity index (χ2v) is 4.49. The van der Waals surface area contributed by atoms with Crippen molar-refractivity contribution < 1.29 is 14.3 Å². The van der Waals surface area contributed by atoms with Crippen LogP contribution in [0.1, 0.15) is 29.6 Å². The Balaban J connectivity index is 2.14. The van der Waals surface area contributed by atoms with Gasteiger partial charge in [0, 0.05) is 5.69 Å². The molecule has 1 aliphatic carbocycles. The first kappa shape index (κ1) is 11.9. The van der Waals surface area contributed by atoms with Gasteiger partial charge in [-0.25, -0.2) is 4.39 Å². The Hall–Kier alpha value is -1.62. The quantitative estimate of drug-likeness (QED) is 0.689. The molecule has 0 atom stereocenters. The number of hydrogen-bond acceptors (Lipinski definition) is 3. The van der Waals surface area contributed by atoms with Crippen LogP contribution in [0.2, 0.25) is 0 Å². The lowest BCUT2D eigenvalue weighted by molar-refractivity contribution is 0.0638. The van der Waals surface area contributed by atoms with Crippen LogP contribution in [0.4, 0.5) is 10.1 Å². The first-order chi connectivity index (χ1) is 8.06. The molecule has 1 aromatic rings. The van der Waals surface area contributed by atoms with Crippen LogP contribution in [-0.2, 0) is 0 Å². The number of hydrogen-bond donors (Lipinski definition) is 3. The first-order valence-corrected chi connectivity index (χ1v) is 5.55. The van der Waals surface area contributed by atoms with Gasteiger partial charge in [-0.1, -0.05) is 0 Å². The second-order valence-electron chi connectivity index (χ2n) is 4.49. The van der Waals surface area contributed by atoms with Gasteiger partial charge in [-0.15, -0.1) is 0 Å². The van der Waals surface area contributed by atoms with E-state index in [4.69, 9.17) is 5.73 Å². The van der Waals surface area contributed by atoms with Gasteiger partial charge in [-0.3, -0.25) is 4.79 Å². The van der Waals surface area contributed by atoms with E-state index in [2.05, 4.69) is 5.32 Å². The van der Waals surface area contributed by atoms with Crippen molar-refractivity contribution in [3.63, 3.8) is 0 Å². The van der Waals surface area contributed by atoms with Crippen molar-refractivity contribution in [2.75, 3.05) is 12.3 Å². The maximum absolute atomic E-state index is 13.5. The number of carbonyl (C=O) groups excluding carboxylic acids is 1. The highest BCUT2D eigenvalue weighted by atomic mass is 19.1. The largest absolute Gasteiger partial charge is 0.399 e. The highest BCUT2D eigenvalue weighted by Gasteiger charge is 2.38. The van der Waals surface area contributed by atoms with Crippen molar-refractivity contribution in [1.82, 2.24) is 5.32 Å². The number of amides is 1. The molecule has 0 unspecified atom stereocenters. The summed E-state index contributed by atoms with van der Waals surface area (Å²) in [6, 6.07) is 3.94. The molecule has 4 N–H and O–H groups in total. The van der Waals surface area contributed by atoms with Crippen LogP contribution in [0.5, 0.6) is 0 Å². The van der Waals surface area contributed by atoms with Gasteiger partial charge in [0.25, 0.3) is 5.91 Å². The predicted molar refractivity (Wildman–Crippen MR) is 61.9 cm³/mol. The Morgan fingerprint density at radius 3 is 2.71 bits per heavy atom. The van der Waals surface area contributed by atoms with Gasteiger partial charge in [0.15, 0.2) is 0 Å². The van der Waals surface area contributed by atoms with Gasteiger partial charge < -0.3 is 16.2 Å². The van der Waals surface area contributed by atoms with Crippen LogP contribution in [0, 0.1) is 5.82 Å². The van der Waals surface area contributed by atoms with Crippen LogP contribution in [-0.4, -0.2) is 23.2 Å². The zero-order chi connectivity index (χ0) is 12.5. The molecule has 0 aromatic heterocycles. The number of nitrogen functional groups attached to an aromatic ring is 1. The molecule has 17 heavy (non-hydrogen) atoms.